The van der Waals surface area contributed by atoms with Gasteiger partial charge in [-0.2, -0.15) is 5.10 Å². The molecular weight excluding hydrogens is 180 g/mol. The Bertz CT molecular complexity index is 356. The van der Waals surface area contributed by atoms with E-state index in [2.05, 4.69) is 10.4 Å². The molecule has 1 rings (SSSR count). The number of nitrogens with zero attached hydrogens (tertiary/aromatic N) is 1. The largest absolute Gasteiger partial charge is 0.382 e. The van der Waals surface area contributed by atoms with Crippen LogP contribution in [0.5, 0.6) is 0 Å². The van der Waals surface area contributed by atoms with Gasteiger partial charge in [0.2, 0.25) is 5.91 Å². The van der Waals surface area contributed by atoms with Gasteiger partial charge in [-0.15, -0.1) is 0 Å². The average molecular weight is 192 g/mol. The Morgan fingerprint density at radius 2 is 1.93 bits per heavy atom. The van der Waals surface area contributed by atoms with Gasteiger partial charge in [0.25, 0.3) is 0 Å². The summed E-state index contributed by atoms with van der Waals surface area (Å²) < 4.78 is 0. The minimum Gasteiger partial charge on any atom is -0.382 e. The van der Waals surface area contributed by atoms with Crippen LogP contribution < -0.4 is 16.9 Å². The van der Waals surface area contributed by atoms with Crippen LogP contribution in [0, 0.1) is 0 Å². The number of rotatable bonds is 2. The van der Waals surface area contributed by atoms with Crippen molar-refractivity contribution in [2.45, 2.75) is 6.92 Å². The van der Waals surface area contributed by atoms with Crippen molar-refractivity contribution in [2.24, 2.45) is 16.7 Å². The number of benzene rings is 1. The third-order valence-electron chi connectivity index (χ3n) is 1.64. The lowest BCUT2D eigenvalue weighted by atomic mass is 10.2. The molecule has 0 atom stereocenters. The highest BCUT2D eigenvalue weighted by molar-refractivity contribution is 5.98. The number of anilines is 1. The molecule has 0 saturated carbocycles. The molecule has 5 N–H and O–H groups in total. The summed E-state index contributed by atoms with van der Waals surface area (Å²) in [5.74, 6) is 5.17. The molecule has 1 aromatic rings. The number of carbonyl (C=O) groups is 1. The number of carbonyl (C=O) groups excluding carboxylic acids is 1. The molecule has 0 heterocycles. The highest BCUT2D eigenvalue weighted by Gasteiger charge is 1.98. The van der Waals surface area contributed by atoms with E-state index < -0.39 is 0 Å². The van der Waals surface area contributed by atoms with Gasteiger partial charge in [0, 0.05) is 18.2 Å². The molecular formula is C9H12N4O. The van der Waals surface area contributed by atoms with Crippen LogP contribution in [0.15, 0.2) is 29.4 Å². The minimum atomic E-state index is -0.113. The van der Waals surface area contributed by atoms with Crippen molar-refractivity contribution in [3.8, 4) is 0 Å². The van der Waals surface area contributed by atoms with Gasteiger partial charge in [0.15, 0.2) is 0 Å². The highest BCUT2D eigenvalue weighted by atomic mass is 16.1. The van der Waals surface area contributed by atoms with E-state index >= 15 is 0 Å². The van der Waals surface area contributed by atoms with E-state index in [-0.39, 0.29) is 11.7 Å². The van der Waals surface area contributed by atoms with Crippen molar-refractivity contribution < 1.29 is 4.79 Å². The van der Waals surface area contributed by atoms with Crippen molar-refractivity contribution in [1.82, 2.24) is 0 Å². The van der Waals surface area contributed by atoms with Crippen molar-refractivity contribution in [2.75, 3.05) is 5.32 Å². The number of hydrogen-bond acceptors (Lipinski definition) is 3. The monoisotopic (exact) mass is 192 g/mol. The van der Waals surface area contributed by atoms with Crippen molar-refractivity contribution >= 4 is 17.4 Å². The van der Waals surface area contributed by atoms with Gasteiger partial charge < -0.3 is 16.9 Å². The van der Waals surface area contributed by atoms with Crippen LogP contribution in [-0.4, -0.2) is 11.7 Å². The Labute approximate surface area is 81.8 Å². The lowest BCUT2D eigenvalue weighted by molar-refractivity contribution is -0.114. The second-order valence-electron chi connectivity index (χ2n) is 2.77. The zero-order valence-electron chi connectivity index (χ0n) is 7.82. The van der Waals surface area contributed by atoms with Crippen LogP contribution in [0.25, 0.3) is 0 Å². The van der Waals surface area contributed by atoms with Crippen LogP contribution in [0.3, 0.4) is 0 Å². The first kappa shape index (κ1) is 10.0. The molecule has 74 valence electrons. The summed E-state index contributed by atoms with van der Waals surface area (Å²) in [7, 11) is 0. The first-order valence-corrected chi connectivity index (χ1v) is 4.05. The molecule has 0 unspecified atom stereocenters. The smallest absolute Gasteiger partial charge is 0.221 e. The fraction of sp³-hybridized carbons (Fsp3) is 0.111. The molecule has 0 spiro atoms. The first-order valence-electron chi connectivity index (χ1n) is 4.05. The average Bonchev–Trinajstić information content (AvgIpc) is 2.17. The summed E-state index contributed by atoms with van der Waals surface area (Å²) in [6.45, 7) is 1.45. The topological polar surface area (TPSA) is 93.5 Å². The Hall–Kier alpha value is -2.04. The lowest BCUT2D eigenvalue weighted by Crippen LogP contribution is -2.15. The Kier molecular flexibility index (Phi) is 3.06. The number of hydrazone groups is 1. The SMILES string of the molecule is CC(=O)Nc1ccc(/C(N)=N/N)cc1. The molecule has 1 aromatic carbocycles. The molecule has 0 aliphatic rings. The van der Waals surface area contributed by atoms with Crippen LogP contribution >= 0.6 is 0 Å². The summed E-state index contributed by atoms with van der Waals surface area (Å²) in [5.41, 5.74) is 6.92. The Morgan fingerprint density at radius 3 is 2.36 bits per heavy atom. The number of hydrogen-bond donors (Lipinski definition) is 3. The molecule has 5 nitrogen and oxygen atoms in total. The van der Waals surface area contributed by atoms with E-state index in [1.165, 1.54) is 6.92 Å². The number of amidine groups is 1. The normalized spacial score (nSPS) is 11.1. The van der Waals surface area contributed by atoms with Crippen LogP contribution in [0.4, 0.5) is 5.69 Å². The predicted octanol–water partition coefficient (Wildman–Crippen LogP) is 0.224. The Balaban J connectivity index is 2.83. The van der Waals surface area contributed by atoms with Gasteiger partial charge in [-0.1, -0.05) is 0 Å². The van der Waals surface area contributed by atoms with Crippen LogP contribution in [0.1, 0.15) is 12.5 Å². The summed E-state index contributed by atoms with van der Waals surface area (Å²) in [6, 6.07) is 6.93. The summed E-state index contributed by atoms with van der Waals surface area (Å²) in [6.07, 6.45) is 0. The highest BCUT2D eigenvalue weighted by Crippen LogP contribution is 2.08. The standard InChI is InChI=1S/C9H12N4O/c1-6(14)12-8-4-2-7(3-5-8)9(10)13-11/h2-5H,11H2,1H3,(H2,10,13)(H,12,14). The van der Waals surface area contributed by atoms with Gasteiger partial charge >= 0.3 is 0 Å². The van der Waals surface area contributed by atoms with Crippen LogP contribution in [0.2, 0.25) is 0 Å². The zero-order valence-corrected chi connectivity index (χ0v) is 7.82. The molecule has 0 aliphatic carbocycles. The minimum absolute atomic E-state index is 0.113. The molecule has 14 heavy (non-hydrogen) atoms. The summed E-state index contributed by atoms with van der Waals surface area (Å²) in [4.78, 5) is 10.7. The van der Waals surface area contributed by atoms with E-state index in [0.717, 1.165) is 5.56 Å². The van der Waals surface area contributed by atoms with Gasteiger partial charge in [0.05, 0.1) is 0 Å². The van der Waals surface area contributed by atoms with Gasteiger partial charge in [-0.3, -0.25) is 4.79 Å². The fourth-order valence-corrected chi connectivity index (χ4v) is 1.00. The van der Waals surface area contributed by atoms with Gasteiger partial charge in [-0.05, 0) is 24.3 Å². The molecule has 0 fully saturated rings. The Morgan fingerprint density at radius 1 is 1.36 bits per heavy atom. The maximum Gasteiger partial charge on any atom is 0.221 e. The summed E-state index contributed by atoms with van der Waals surface area (Å²) in [5, 5.41) is 5.99. The zero-order chi connectivity index (χ0) is 10.6. The van der Waals surface area contributed by atoms with Gasteiger partial charge in [-0.25, -0.2) is 0 Å². The van der Waals surface area contributed by atoms with E-state index in [1.54, 1.807) is 24.3 Å². The van der Waals surface area contributed by atoms with E-state index in [9.17, 15) is 4.79 Å². The van der Waals surface area contributed by atoms with E-state index in [4.69, 9.17) is 11.6 Å². The first-order chi connectivity index (χ1) is 6.63. The van der Waals surface area contributed by atoms with Gasteiger partial charge in [0.1, 0.15) is 5.84 Å². The third kappa shape index (κ3) is 2.48. The van der Waals surface area contributed by atoms with Crippen molar-refractivity contribution in [1.29, 1.82) is 0 Å². The van der Waals surface area contributed by atoms with E-state index in [0.29, 0.717) is 5.69 Å². The summed E-state index contributed by atoms with van der Waals surface area (Å²) >= 11 is 0. The quantitative estimate of drug-likeness (QED) is 0.271. The third-order valence-corrected chi connectivity index (χ3v) is 1.64. The molecule has 0 aliphatic heterocycles. The van der Waals surface area contributed by atoms with Crippen molar-refractivity contribution in [3.63, 3.8) is 0 Å². The molecule has 0 saturated heterocycles. The maximum atomic E-state index is 10.7. The number of nitrogens with one attached hydrogen (secondary N) is 1. The fourth-order valence-electron chi connectivity index (χ4n) is 1.00. The van der Waals surface area contributed by atoms with E-state index in [1.807, 2.05) is 0 Å². The van der Waals surface area contributed by atoms with Crippen LogP contribution in [-0.2, 0) is 4.79 Å². The number of nitrogens with two attached hydrogens (primary N) is 2. The number of amides is 1. The maximum absolute atomic E-state index is 10.7. The molecule has 1 amide bonds. The molecule has 0 aromatic heterocycles. The molecule has 0 bridgehead atoms. The predicted molar refractivity (Wildman–Crippen MR) is 55.7 cm³/mol. The molecule has 5 heteroatoms. The van der Waals surface area contributed by atoms with Crippen molar-refractivity contribution in [3.05, 3.63) is 29.8 Å². The molecule has 0 radical (unpaired) electrons. The second-order valence-corrected chi connectivity index (χ2v) is 2.77. The lowest BCUT2D eigenvalue weighted by Gasteiger charge is -2.03. The second kappa shape index (κ2) is 4.27.